The lowest BCUT2D eigenvalue weighted by molar-refractivity contribution is 0.0993. The number of ketones is 1. The number of hydrogen-bond donors (Lipinski definition) is 0. The van der Waals surface area contributed by atoms with Crippen molar-refractivity contribution in [2.45, 2.75) is 11.3 Å². The van der Waals surface area contributed by atoms with Gasteiger partial charge >= 0.3 is 0 Å². The highest BCUT2D eigenvalue weighted by Crippen LogP contribution is 2.34. The second-order valence-corrected chi connectivity index (χ2v) is 7.31. The minimum atomic E-state index is 0.0903. The molecule has 0 aliphatic heterocycles. The van der Waals surface area contributed by atoms with E-state index in [0.717, 1.165) is 4.90 Å². The first-order valence-corrected chi connectivity index (χ1v) is 8.37. The van der Waals surface area contributed by atoms with Gasteiger partial charge in [-0.2, -0.15) is 0 Å². The van der Waals surface area contributed by atoms with Gasteiger partial charge in [0.2, 0.25) is 0 Å². The second-order valence-electron chi connectivity index (χ2n) is 3.68. The van der Waals surface area contributed by atoms with Gasteiger partial charge < -0.3 is 0 Å². The van der Waals surface area contributed by atoms with E-state index in [4.69, 9.17) is 34.8 Å². The van der Waals surface area contributed by atoms with E-state index >= 15 is 0 Å². The van der Waals surface area contributed by atoms with Crippen LogP contribution in [0, 0.1) is 0 Å². The summed E-state index contributed by atoms with van der Waals surface area (Å²) in [4.78, 5) is 13.4. The Labute approximate surface area is 134 Å². The Morgan fingerprint density at radius 1 is 1.11 bits per heavy atom. The Bertz CT molecular complexity index is 575. The van der Waals surface area contributed by atoms with Crippen LogP contribution in [0.3, 0.4) is 0 Å². The zero-order valence-corrected chi connectivity index (χ0v) is 13.6. The van der Waals surface area contributed by atoms with Gasteiger partial charge in [-0.3, -0.25) is 4.79 Å². The van der Waals surface area contributed by atoms with Crippen LogP contribution in [-0.2, 0) is 0 Å². The van der Waals surface area contributed by atoms with Crippen LogP contribution in [0.4, 0.5) is 0 Å². The van der Waals surface area contributed by atoms with Gasteiger partial charge in [-0.25, -0.2) is 0 Å². The molecule has 0 amide bonds. The minimum absolute atomic E-state index is 0.0903. The fourth-order valence-electron chi connectivity index (χ4n) is 1.45. The third-order valence-corrected chi connectivity index (χ3v) is 5.61. The van der Waals surface area contributed by atoms with Crippen LogP contribution in [0.1, 0.15) is 16.1 Å². The summed E-state index contributed by atoms with van der Waals surface area (Å²) in [7, 11) is 0. The van der Waals surface area contributed by atoms with Gasteiger partial charge in [0.25, 0.3) is 0 Å². The molecule has 0 aliphatic rings. The lowest BCUT2D eigenvalue weighted by Gasteiger charge is -2.05. The monoisotopic (exact) mass is 350 g/mol. The fraction of sp³-hybridized carbons (Fsp3) is 0.154. The maximum absolute atomic E-state index is 11.9. The fourth-order valence-corrected chi connectivity index (χ4v) is 4.09. The number of thiophene rings is 1. The van der Waals surface area contributed by atoms with Gasteiger partial charge in [0, 0.05) is 17.1 Å². The number of benzene rings is 1. The molecule has 1 aromatic carbocycles. The number of hydrogen-bond acceptors (Lipinski definition) is 3. The van der Waals surface area contributed by atoms with E-state index in [2.05, 4.69) is 0 Å². The predicted molar refractivity (Wildman–Crippen MR) is 85.5 cm³/mol. The van der Waals surface area contributed by atoms with Gasteiger partial charge in [-0.05, 0) is 24.3 Å². The number of rotatable bonds is 5. The number of thioether (sulfide) groups is 1. The third-order valence-electron chi connectivity index (χ3n) is 2.34. The van der Waals surface area contributed by atoms with Crippen molar-refractivity contribution in [3.05, 3.63) is 49.6 Å². The van der Waals surface area contributed by atoms with Crippen LogP contribution < -0.4 is 0 Å². The number of carbonyl (C=O) groups excluding carboxylic acids is 1. The van der Waals surface area contributed by atoms with Crippen molar-refractivity contribution >= 4 is 63.7 Å². The predicted octanol–water partition coefficient (Wildman–Crippen LogP) is 6.07. The van der Waals surface area contributed by atoms with Crippen molar-refractivity contribution in [1.29, 1.82) is 0 Å². The van der Waals surface area contributed by atoms with Gasteiger partial charge in [0.1, 0.15) is 0 Å². The Balaban J connectivity index is 1.92. The first kappa shape index (κ1) is 15.2. The smallest absolute Gasteiger partial charge is 0.173 e. The summed E-state index contributed by atoms with van der Waals surface area (Å²) < 4.78 is 0.630. The Morgan fingerprint density at radius 3 is 2.37 bits per heavy atom. The van der Waals surface area contributed by atoms with Gasteiger partial charge in [-0.1, -0.05) is 40.9 Å². The Morgan fingerprint density at radius 2 is 1.79 bits per heavy atom. The molecule has 0 atom stereocenters. The maximum Gasteiger partial charge on any atom is 0.173 e. The van der Waals surface area contributed by atoms with Crippen LogP contribution in [0.25, 0.3) is 0 Å². The molecule has 0 radical (unpaired) electrons. The molecule has 1 aromatic heterocycles. The second kappa shape index (κ2) is 7.00. The van der Waals surface area contributed by atoms with Gasteiger partial charge in [0.05, 0.1) is 19.3 Å². The molecule has 1 nitrogen and oxygen atoms in total. The molecule has 0 saturated carbocycles. The summed E-state index contributed by atoms with van der Waals surface area (Å²) in [6, 6.07) is 8.86. The molecule has 100 valence electrons. The lowest BCUT2D eigenvalue weighted by Crippen LogP contribution is -1.97. The van der Waals surface area contributed by atoms with Crippen LogP contribution in [0.15, 0.2) is 35.2 Å². The van der Waals surface area contributed by atoms with Gasteiger partial charge in [-0.15, -0.1) is 23.1 Å². The first-order chi connectivity index (χ1) is 9.08. The summed E-state index contributed by atoms with van der Waals surface area (Å²) in [6.07, 6.45) is 0.434. The lowest BCUT2D eigenvalue weighted by atomic mass is 10.3. The molecule has 2 aromatic rings. The van der Waals surface area contributed by atoms with E-state index in [1.54, 1.807) is 30.3 Å². The Kier molecular flexibility index (Phi) is 5.60. The van der Waals surface area contributed by atoms with Crippen LogP contribution in [0.2, 0.25) is 14.4 Å². The topological polar surface area (TPSA) is 17.1 Å². The van der Waals surface area contributed by atoms with E-state index in [1.165, 1.54) is 23.1 Å². The van der Waals surface area contributed by atoms with Crippen molar-refractivity contribution in [3.8, 4) is 0 Å². The molecule has 19 heavy (non-hydrogen) atoms. The standard InChI is InChI=1S/C13H9Cl3OS2/c14-8-2-1-3-9(15)13(8)18-7-6-10(17)11-4-5-12(16)19-11/h1-5H,6-7H2. The van der Waals surface area contributed by atoms with Crippen molar-refractivity contribution in [3.63, 3.8) is 0 Å². The molecular weight excluding hydrogens is 343 g/mol. The highest BCUT2D eigenvalue weighted by Gasteiger charge is 2.11. The molecule has 6 heteroatoms. The summed E-state index contributed by atoms with van der Waals surface area (Å²) in [6.45, 7) is 0. The average Bonchev–Trinajstić information content (AvgIpc) is 2.79. The molecule has 0 fully saturated rings. The molecule has 0 spiro atoms. The van der Waals surface area contributed by atoms with Crippen molar-refractivity contribution < 1.29 is 4.79 Å². The first-order valence-electron chi connectivity index (χ1n) is 5.43. The average molecular weight is 352 g/mol. The summed E-state index contributed by atoms with van der Waals surface area (Å²) in [5.74, 6) is 0.727. The maximum atomic E-state index is 11.9. The zero-order chi connectivity index (χ0) is 13.8. The van der Waals surface area contributed by atoms with Crippen LogP contribution in [0.5, 0.6) is 0 Å². The molecule has 2 rings (SSSR count). The molecule has 0 bridgehead atoms. The zero-order valence-electron chi connectivity index (χ0n) is 9.66. The number of carbonyl (C=O) groups is 1. The SMILES string of the molecule is O=C(CCSc1c(Cl)cccc1Cl)c1ccc(Cl)s1. The molecule has 1 heterocycles. The highest BCUT2D eigenvalue weighted by molar-refractivity contribution is 7.99. The molecule has 0 aliphatic carbocycles. The molecular formula is C13H9Cl3OS2. The summed E-state index contributed by atoms with van der Waals surface area (Å²) in [5.41, 5.74) is 0. The Hall–Kier alpha value is -0.190. The molecule has 0 saturated heterocycles. The normalized spacial score (nSPS) is 10.7. The van der Waals surface area contributed by atoms with E-state index in [9.17, 15) is 4.79 Å². The third kappa shape index (κ3) is 4.14. The van der Waals surface area contributed by atoms with Crippen molar-refractivity contribution in [2.75, 3.05) is 5.75 Å². The van der Waals surface area contributed by atoms with Crippen molar-refractivity contribution in [2.24, 2.45) is 0 Å². The molecule has 0 unspecified atom stereocenters. The van der Waals surface area contributed by atoms with E-state index in [1.807, 2.05) is 0 Å². The minimum Gasteiger partial charge on any atom is -0.293 e. The largest absolute Gasteiger partial charge is 0.293 e. The highest BCUT2D eigenvalue weighted by atomic mass is 35.5. The van der Waals surface area contributed by atoms with Crippen LogP contribution in [-0.4, -0.2) is 11.5 Å². The van der Waals surface area contributed by atoms with Crippen molar-refractivity contribution in [1.82, 2.24) is 0 Å². The quantitative estimate of drug-likeness (QED) is 0.480. The van der Waals surface area contributed by atoms with Gasteiger partial charge in [0.15, 0.2) is 5.78 Å². The van der Waals surface area contributed by atoms with E-state index in [0.29, 0.717) is 31.4 Å². The molecule has 0 N–H and O–H groups in total. The van der Waals surface area contributed by atoms with E-state index < -0.39 is 0 Å². The number of Topliss-reactive ketones (excluding diaryl/α,β-unsaturated/α-hetero) is 1. The summed E-state index contributed by atoms with van der Waals surface area (Å²) in [5, 5.41) is 1.23. The number of halogens is 3. The summed E-state index contributed by atoms with van der Waals surface area (Å²) >= 11 is 20.7. The van der Waals surface area contributed by atoms with E-state index in [-0.39, 0.29) is 5.78 Å². The van der Waals surface area contributed by atoms with Crippen LogP contribution >= 0.6 is 57.9 Å².